The molecule has 124 valence electrons. The number of rotatable bonds is 6. The van der Waals surface area contributed by atoms with Crippen LogP contribution in [-0.2, 0) is 23.3 Å². The van der Waals surface area contributed by atoms with Gasteiger partial charge in [-0.05, 0) is 12.1 Å². The van der Waals surface area contributed by atoms with Crippen molar-refractivity contribution in [2.45, 2.75) is 4.90 Å². The normalized spacial score (nSPS) is 11.4. The van der Waals surface area contributed by atoms with Crippen LogP contribution in [0.5, 0.6) is 0 Å². The Kier molecular flexibility index (Phi) is 5.78. The van der Waals surface area contributed by atoms with E-state index in [0.717, 1.165) is 0 Å². The molecule has 2 aromatic carbocycles. The van der Waals surface area contributed by atoms with E-state index in [9.17, 15) is 13.2 Å². The molecule has 0 fully saturated rings. The summed E-state index contributed by atoms with van der Waals surface area (Å²) in [4.78, 5) is 11.7. The Morgan fingerprint density at radius 1 is 1.13 bits per heavy atom. The minimum Gasteiger partial charge on any atom is -0.422 e. The second-order valence-electron chi connectivity index (χ2n) is 4.38. The Morgan fingerprint density at radius 3 is 2.52 bits per heavy atom. The Hall–Kier alpha value is -1.87. The van der Waals surface area contributed by atoms with E-state index in [1.165, 1.54) is 19.2 Å². The Labute approximate surface area is 137 Å². The Morgan fingerprint density at radius 2 is 1.83 bits per heavy atom. The minimum atomic E-state index is -3.90. The molecule has 7 nitrogen and oxygen atoms in total. The number of fused-ring (bicyclic) bond motifs is 1. The van der Waals surface area contributed by atoms with Crippen molar-refractivity contribution < 1.29 is 27.4 Å². The topological polar surface area (TPSA) is 90.9 Å². The number of carbonyl (C=O) groups is 1. The zero-order valence-corrected chi connectivity index (χ0v) is 13.7. The number of methoxy groups -OCH3 is 1. The van der Waals surface area contributed by atoms with E-state index in [2.05, 4.69) is 10.1 Å². The molecule has 23 heavy (non-hydrogen) atoms. The molecular weight excluding hydrogens is 346 g/mol. The molecule has 0 saturated heterocycles. The van der Waals surface area contributed by atoms with Crippen LogP contribution in [-0.4, -0.2) is 35.2 Å². The van der Waals surface area contributed by atoms with Crippen molar-refractivity contribution >= 4 is 42.3 Å². The molecule has 0 aliphatic heterocycles. The summed E-state index contributed by atoms with van der Waals surface area (Å²) in [5.74, 6) is 0. The van der Waals surface area contributed by atoms with E-state index in [1.54, 1.807) is 24.3 Å². The lowest BCUT2D eigenvalue weighted by Gasteiger charge is -2.11. The standard InChI is InChI=1S/C14H14ClNO6S/c1-20-8-21-9-22-14(17)16-12-6-2-5-11-10(12)4-3-7-13(11)23(15,18)19/h2-7H,8-9H2,1H3,(H,16,17). The summed E-state index contributed by atoms with van der Waals surface area (Å²) in [5.41, 5.74) is 0.390. The number of hydrogen-bond donors (Lipinski definition) is 1. The molecule has 0 radical (unpaired) electrons. The highest BCUT2D eigenvalue weighted by Gasteiger charge is 2.15. The van der Waals surface area contributed by atoms with Gasteiger partial charge in [0, 0.05) is 28.6 Å². The number of carbonyl (C=O) groups excluding carboxylic acids is 1. The van der Waals surface area contributed by atoms with Crippen LogP contribution in [0.4, 0.5) is 10.5 Å². The second-order valence-corrected chi connectivity index (χ2v) is 6.91. The Bertz CT molecular complexity index is 808. The predicted octanol–water partition coefficient (Wildman–Crippen LogP) is 2.89. The van der Waals surface area contributed by atoms with E-state index >= 15 is 0 Å². The summed E-state index contributed by atoms with van der Waals surface area (Å²) in [7, 11) is 2.97. The lowest BCUT2D eigenvalue weighted by Crippen LogP contribution is -2.16. The highest BCUT2D eigenvalue weighted by molar-refractivity contribution is 8.14. The van der Waals surface area contributed by atoms with Gasteiger partial charge in [0.2, 0.25) is 0 Å². The average Bonchev–Trinajstić information content (AvgIpc) is 2.50. The third-order valence-electron chi connectivity index (χ3n) is 2.86. The third kappa shape index (κ3) is 4.55. The van der Waals surface area contributed by atoms with Crippen molar-refractivity contribution in [1.82, 2.24) is 0 Å². The van der Waals surface area contributed by atoms with Gasteiger partial charge in [0.15, 0.2) is 6.79 Å². The molecule has 0 saturated carbocycles. The number of anilines is 1. The summed E-state index contributed by atoms with van der Waals surface area (Å²) in [6.07, 6.45) is -0.743. The van der Waals surface area contributed by atoms with Crippen molar-refractivity contribution in [2.75, 3.05) is 26.0 Å². The van der Waals surface area contributed by atoms with Crippen molar-refractivity contribution in [3.63, 3.8) is 0 Å². The molecule has 2 rings (SSSR count). The molecule has 0 aliphatic carbocycles. The van der Waals surface area contributed by atoms with Gasteiger partial charge in [0.1, 0.15) is 6.79 Å². The van der Waals surface area contributed by atoms with Crippen LogP contribution in [0.2, 0.25) is 0 Å². The molecule has 0 unspecified atom stereocenters. The number of halogens is 1. The zero-order chi connectivity index (χ0) is 16.9. The predicted molar refractivity (Wildman–Crippen MR) is 84.9 cm³/mol. The fourth-order valence-electron chi connectivity index (χ4n) is 1.96. The van der Waals surface area contributed by atoms with E-state index < -0.39 is 15.1 Å². The van der Waals surface area contributed by atoms with Crippen molar-refractivity contribution in [1.29, 1.82) is 0 Å². The minimum absolute atomic E-state index is 0.00150. The highest BCUT2D eigenvalue weighted by Crippen LogP contribution is 2.30. The first kappa shape index (κ1) is 17.5. The SMILES string of the molecule is COCOCOC(=O)Nc1cccc2c(S(=O)(=O)Cl)cccc12. The van der Waals surface area contributed by atoms with Crippen LogP contribution in [0.1, 0.15) is 0 Å². The quantitative estimate of drug-likeness (QED) is 0.484. The van der Waals surface area contributed by atoms with Gasteiger partial charge in [0.25, 0.3) is 9.05 Å². The first-order valence-electron chi connectivity index (χ1n) is 6.40. The summed E-state index contributed by atoms with van der Waals surface area (Å²) in [5, 5.41) is 3.44. The van der Waals surface area contributed by atoms with Gasteiger partial charge >= 0.3 is 6.09 Å². The maximum absolute atomic E-state index is 11.7. The molecule has 0 spiro atoms. The lowest BCUT2D eigenvalue weighted by molar-refractivity contribution is -0.0941. The van der Waals surface area contributed by atoms with E-state index in [4.69, 9.17) is 20.2 Å². The third-order valence-corrected chi connectivity index (χ3v) is 4.24. The van der Waals surface area contributed by atoms with Gasteiger partial charge < -0.3 is 14.2 Å². The molecule has 1 N–H and O–H groups in total. The maximum atomic E-state index is 11.7. The molecule has 9 heteroatoms. The van der Waals surface area contributed by atoms with E-state index in [0.29, 0.717) is 16.5 Å². The maximum Gasteiger partial charge on any atom is 0.413 e. The van der Waals surface area contributed by atoms with Crippen molar-refractivity contribution in [2.24, 2.45) is 0 Å². The van der Waals surface area contributed by atoms with Gasteiger partial charge in [-0.25, -0.2) is 13.2 Å². The summed E-state index contributed by atoms with van der Waals surface area (Å²) in [6.45, 7) is -0.274. The van der Waals surface area contributed by atoms with Crippen LogP contribution in [0.25, 0.3) is 10.8 Å². The van der Waals surface area contributed by atoms with Crippen molar-refractivity contribution in [3.8, 4) is 0 Å². The molecule has 0 atom stereocenters. The summed E-state index contributed by atoms with van der Waals surface area (Å²) >= 11 is 0. The van der Waals surface area contributed by atoms with Crippen LogP contribution in [0.15, 0.2) is 41.3 Å². The number of amides is 1. The monoisotopic (exact) mass is 359 g/mol. The molecule has 0 aliphatic rings. The van der Waals surface area contributed by atoms with E-state index in [-0.39, 0.29) is 18.5 Å². The number of benzene rings is 2. The average molecular weight is 360 g/mol. The number of ether oxygens (including phenoxy) is 3. The fraction of sp³-hybridized carbons (Fsp3) is 0.214. The fourth-order valence-corrected chi connectivity index (χ4v) is 3.05. The molecular formula is C14H14ClNO6S. The first-order valence-corrected chi connectivity index (χ1v) is 8.71. The largest absolute Gasteiger partial charge is 0.422 e. The molecule has 2 aromatic rings. The van der Waals surface area contributed by atoms with Gasteiger partial charge in [-0.3, -0.25) is 5.32 Å². The molecule has 0 bridgehead atoms. The molecule has 1 amide bonds. The molecule has 0 aromatic heterocycles. The van der Waals surface area contributed by atoms with Gasteiger partial charge in [-0.15, -0.1) is 0 Å². The van der Waals surface area contributed by atoms with Gasteiger partial charge in [0.05, 0.1) is 10.6 Å². The first-order chi connectivity index (χ1) is 10.9. The Balaban J connectivity index is 2.24. The number of hydrogen-bond acceptors (Lipinski definition) is 6. The van der Waals surface area contributed by atoms with Gasteiger partial charge in [-0.2, -0.15) is 0 Å². The van der Waals surface area contributed by atoms with Crippen molar-refractivity contribution in [3.05, 3.63) is 36.4 Å². The summed E-state index contributed by atoms with van der Waals surface area (Å²) < 4.78 is 37.5. The molecule has 0 heterocycles. The van der Waals surface area contributed by atoms with Crippen LogP contribution >= 0.6 is 10.7 Å². The van der Waals surface area contributed by atoms with Crippen LogP contribution < -0.4 is 5.32 Å². The van der Waals surface area contributed by atoms with E-state index in [1.807, 2.05) is 0 Å². The zero-order valence-electron chi connectivity index (χ0n) is 12.1. The lowest BCUT2D eigenvalue weighted by atomic mass is 10.1. The second kappa shape index (κ2) is 7.60. The smallest absolute Gasteiger partial charge is 0.413 e. The summed E-state index contributed by atoms with van der Waals surface area (Å²) in [6, 6.07) is 9.41. The highest BCUT2D eigenvalue weighted by atomic mass is 35.7. The van der Waals surface area contributed by atoms with Crippen LogP contribution in [0.3, 0.4) is 0 Å². The van der Waals surface area contributed by atoms with Crippen LogP contribution in [0, 0.1) is 0 Å². The number of nitrogens with one attached hydrogen (secondary N) is 1. The van der Waals surface area contributed by atoms with Gasteiger partial charge in [-0.1, -0.05) is 24.3 Å².